The fourth-order valence-corrected chi connectivity index (χ4v) is 2.85. The molecule has 4 nitrogen and oxygen atoms in total. The molecule has 0 amide bonds. The molecule has 1 saturated carbocycles. The summed E-state index contributed by atoms with van der Waals surface area (Å²) >= 11 is 0. The van der Waals surface area contributed by atoms with E-state index >= 15 is 0 Å². The molecule has 0 aliphatic heterocycles. The summed E-state index contributed by atoms with van der Waals surface area (Å²) in [6, 6.07) is 7.87. The van der Waals surface area contributed by atoms with Gasteiger partial charge in [0.25, 0.3) is 0 Å². The van der Waals surface area contributed by atoms with Crippen molar-refractivity contribution in [1.82, 2.24) is 5.16 Å². The fraction of sp³-hybridized carbons (Fsp3) is 0.400. The topological polar surface area (TPSA) is 61.3 Å². The lowest BCUT2D eigenvalue weighted by atomic mass is 9.96. The molecule has 0 atom stereocenters. The summed E-state index contributed by atoms with van der Waals surface area (Å²) in [5.41, 5.74) is 7.94. The summed E-state index contributed by atoms with van der Waals surface area (Å²) < 4.78 is 10.8. The van der Waals surface area contributed by atoms with Crippen LogP contribution in [-0.4, -0.2) is 12.3 Å². The minimum absolute atomic E-state index is 0.450. The zero-order chi connectivity index (χ0) is 13.2. The van der Waals surface area contributed by atoms with Gasteiger partial charge < -0.3 is 15.0 Å². The van der Waals surface area contributed by atoms with Crippen LogP contribution in [0.5, 0.6) is 5.75 Å². The highest BCUT2D eigenvalue weighted by atomic mass is 16.5. The highest BCUT2D eigenvalue weighted by Crippen LogP contribution is 2.42. The minimum atomic E-state index is 0.450. The molecule has 1 aliphatic carbocycles. The van der Waals surface area contributed by atoms with Gasteiger partial charge in [-0.1, -0.05) is 30.1 Å². The summed E-state index contributed by atoms with van der Waals surface area (Å²) in [7, 11) is 1.66. The maximum Gasteiger partial charge on any atom is 0.175 e. The van der Waals surface area contributed by atoms with Gasteiger partial charge >= 0.3 is 0 Å². The Kier molecular flexibility index (Phi) is 3.15. The van der Waals surface area contributed by atoms with Crippen molar-refractivity contribution < 1.29 is 9.26 Å². The van der Waals surface area contributed by atoms with E-state index in [1.807, 2.05) is 24.3 Å². The fourth-order valence-electron chi connectivity index (χ4n) is 2.85. The third-order valence-electron chi connectivity index (χ3n) is 3.83. The van der Waals surface area contributed by atoms with E-state index in [4.69, 9.17) is 15.0 Å². The van der Waals surface area contributed by atoms with Crippen LogP contribution < -0.4 is 10.5 Å². The third-order valence-corrected chi connectivity index (χ3v) is 3.83. The molecule has 2 aromatic rings. The zero-order valence-corrected chi connectivity index (χ0v) is 11.1. The predicted molar refractivity (Wildman–Crippen MR) is 74.1 cm³/mol. The number of hydrogen-bond donors (Lipinski definition) is 1. The molecule has 0 spiro atoms. The van der Waals surface area contributed by atoms with E-state index in [-0.39, 0.29) is 0 Å². The number of rotatable bonds is 3. The van der Waals surface area contributed by atoms with Crippen LogP contribution in [0.15, 0.2) is 28.8 Å². The number of nitrogens with zero attached hydrogens (tertiary/aromatic N) is 1. The number of hydrogen-bond acceptors (Lipinski definition) is 4. The molecule has 0 unspecified atom stereocenters. The first-order valence-electron chi connectivity index (χ1n) is 6.69. The van der Waals surface area contributed by atoms with Crippen LogP contribution in [0.4, 0.5) is 5.82 Å². The molecule has 1 heterocycles. The van der Waals surface area contributed by atoms with Gasteiger partial charge in [0.05, 0.1) is 12.7 Å². The predicted octanol–water partition coefficient (Wildman–Crippen LogP) is 3.59. The van der Waals surface area contributed by atoms with Gasteiger partial charge in [0, 0.05) is 5.92 Å². The smallest absolute Gasteiger partial charge is 0.175 e. The van der Waals surface area contributed by atoms with Crippen molar-refractivity contribution in [2.45, 2.75) is 31.6 Å². The first kappa shape index (κ1) is 12.1. The number of anilines is 1. The standard InChI is InChI=1S/C15H18N2O2/c1-18-12-8-4-7-11(9-12)13-14(19-17-15(13)16)10-5-2-3-6-10/h4,7-10H,2-3,5-6H2,1H3,(H2,16,17). The molecule has 19 heavy (non-hydrogen) atoms. The monoisotopic (exact) mass is 258 g/mol. The van der Waals surface area contributed by atoms with Crippen LogP contribution in [0.1, 0.15) is 37.4 Å². The molecule has 3 rings (SSSR count). The van der Waals surface area contributed by atoms with E-state index in [0.717, 1.165) is 35.5 Å². The lowest BCUT2D eigenvalue weighted by Crippen LogP contribution is -1.95. The molecule has 1 aromatic carbocycles. The first-order valence-corrected chi connectivity index (χ1v) is 6.69. The van der Waals surface area contributed by atoms with E-state index in [1.54, 1.807) is 7.11 Å². The second-order valence-corrected chi connectivity index (χ2v) is 5.02. The SMILES string of the molecule is COc1cccc(-c2c(N)noc2C2CCCC2)c1. The number of nitrogen functional groups attached to an aromatic ring is 1. The lowest BCUT2D eigenvalue weighted by Gasteiger charge is -2.09. The van der Waals surface area contributed by atoms with Crippen molar-refractivity contribution in [2.24, 2.45) is 0 Å². The van der Waals surface area contributed by atoms with Gasteiger partial charge in [-0.15, -0.1) is 0 Å². The van der Waals surface area contributed by atoms with Crippen molar-refractivity contribution >= 4 is 5.82 Å². The molecule has 1 fully saturated rings. The number of ether oxygens (including phenoxy) is 1. The van der Waals surface area contributed by atoms with E-state index < -0.39 is 0 Å². The van der Waals surface area contributed by atoms with E-state index in [9.17, 15) is 0 Å². The molecule has 0 bridgehead atoms. The Bertz CT molecular complexity index is 571. The molecule has 1 aliphatic rings. The largest absolute Gasteiger partial charge is 0.497 e. The molecule has 1 aromatic heterocycles. The van der Waals surface area contributed by atoms with Crippen LogP contribution in [-0.2, 0) is 0 Å². The van der Waals surface area contributed by atoms with E-state index in [1.165, 1.54) is 12.8 Å². The van der Waals surface area contributed by atoms with Crippen molar-refractivity contribution in [1.29, 1.82) is 0 Å². The molecule has 0 saturated heterocycles. The Balaban J connectivity index is 2.05. The Labute approximate surface area is 112 Å². The highest BCUT2D eigenvalue weighted by molar-refractivity contribution is 5.76. The lowest BCUT2D eigenvalue weighted by molar-refractivity contribution is 0.363. The highest BCUT2D eigenvalue weighted by Gasteiger charge is 2.26. The summed E-state index contributed by atoms with van der Waals surface area (Å²) in [6.07, 6.45) is 4.82. The quantitative estimate of drug-likeness (QED) is 0.913. The Hall–Kier alpha value is -1.97. The number of benzene rings is 1. The maximum atomic E-state index is 5.99. The summed E-state index contributed by atoms with van der Waals surface area (Å²) in [4.78, 5) is 0. The van der Waals surface area contributed by atoms with Crippen LogP contribution in [0.3, 0.4) is 0 Å². The van der Waals surface area contributed by atoms with Gasteiger partial charge in [0.1, 0.15) is 11.5 Å². The molecule has 4 heteroatoms. The second kappa shape index (κ2) is 4.96. The average molecular weight is 258 g/mol. The van der Waals surface area contributed by atoms with Gasteiger partial charge in [-0.3, -0.25) is 0 Å². The van der Waals surface area contributed by atoms with Gasteiger partial charge in [-0.05, 0) is 30.5 Å². The van der Waals surface area contributed by atoms with Crippen LogP contribution in [0, 0.1) is 0 Å². The van der Waals surface area contributed by atoms with Gasteiger partial charge in [-0.2, -0.15) is 0 Å². The Morgan fingerprint density at radius 2 is 2.11 bits per heavy atom. The number of aromatic nitrogens is 1. The van der Waals surface area contributed by atoms with E-state index in [0.29, 0.717) is 11.7 Å². The van der Waals surface area contributed by atoms with Crippen LogP contribution in [0.25, 0.3) is 11.1 Å². The van der Waals surface area contributed by atoms with Gasteiger partial charge in [-0.25, -0.2) is 0 Å². The maximum absolute atomic E-state index is 5.99. The average Bonchev–Trinajstić information content (AvgIpc) is 3.07. The van der Waals surface area contributed by atoms with Crippen molar-refractivity contribution in [3.8, 4) is 16.9 Å². The molecule has 0 radical (unpaired) electrons. The minimum Gasteiger partial charge on any atom is -0.497 e. The Morgan fingerprint density at radius 1 is 1.32 bits per heavy atom. The van der Waals surface area contributed by atoms with Crippen molar-refractivity contribution in [2.75, 3.05) is 12.8 Å². The Morgan fingerprint density at radius 3 is 2.84 bits per heavy atom. The third kappa shape index (κ3) is 2.18. The molecular weight excluding hydrogens is 240 g/mol. The first-order chi connectivity index (χ1) is 9.29. The van der Waals surface area contributed by atoms with Crippen molar-refractivity contribution in [3.05, 3.63) is 30.0 Å². The molecule has 100 valence electrons. The van der Waals surface area contributed by atoms with Gasteiger partial charge in [0.2, 0.25) is 0 Å². The van der Waals surface area contributed by atoms with Crippen LogP contribution >= 0.6 is 0 Å². The molecular formula is C15H18N2O2. The summed E-state index contributed by atoms with van der Waals surface area (Å²) in [5, 5.41) is 3.95. The summed E-state index contributed by atoms with van der Waals surface area (Å²) in [5.74, 6) is 2.67. The van der Waals surface area contributed by atoms with Crippen LogP contribution in [0.2, 0.25) is 0 Å². The summed E-state index contributed by atoms with van der Waals surface area (Å²) in [6.45, 7) is 0. The van der Waals surface area contributed by atoms with Gasteiger partial charge in [0.15, 0.2) is 5.82 Å². The number of methoxy groups -OCH3 is 1. The molecule has 2 N–H and O–H groups in total. The van der Waals surface area contributed by atoms with Crippen molar-refractivity contribution in [3.63, 3.8) is 0 Å². The zero-order valence-electron chi connectivity index (χ0n) is 11.1. The second-order valence-electron chi connectivity index (χ2n) is 5.02. The van der Waals surface area contributed by atoms with E-state index in [2.05, 4.69) is 5.16 Å². The normalized spacial score (nSPS) is 15.8. The number of nitrogens with two attached hydrogens (primary N) is 1.